The van der Waals surface area contributed by atoms with Crippen molar-refractivity contribution in [3.05, 3.63) is 44.8 Å². The van der Waals surface area contributed by atoms with Crippen molar-refractivity contribution in [1.82, 2.24) is 0 Å². The summed E-state index contributed by atoms with van der Waals surface area (Å²) in [6, 6.07) is 6.34. The molecule has 12 heavy (non-hydrogen) atoms. The van der Waals surface area contributed by atoms with Gasteiger partial charge in [0.1, 0.15) is 0 Å². The van der Waals surface area contributed by atoms with Crippen LogP contribution >= 0.6 is 0 Å². The molecule has 0 amide bonds. The molecule has 0 unspecified atom stereocenters. The van der Waals surface area contributed by atoms with E-state index < -0.39 is 20.1 Å². The minimum absolute atomic E-state index is 0.0495. The third-order valence-corrected chi connectivity index (χ3v) is 2.53. The number of nitrogens with zero attached hydrogens (tertiary/aromatic N) is 2. The van der Waals surface area contributed by atoms with E-state index in [9.17, 15) is 10.1 Å². The molecule has 1 aromatic rings. The molecule has 0 heterocycles. The molecule has 0 fully saturated rings. The topological polar surface area (TPSA) is 47.5 Å². The van der Waals surface area contributed by atoms with E-state index in [0.717, 1.165) is 0 Å². The van der Waals surface area contributed by atoms with Gasteiger partial charge in [-0.2, -0.15) is 0 Å². The fourth-order valence-electron chi connectivity index (χ4n) is 0.734. The van der Waals surface area contributed by atoms with Gasteiger partial charge in [0, 0.05) is 0 Å². The standard InChI is InChI=1S/C7H4N2O2Se/c1-8-12-7-5-3-2-4-6(7)9(10)11/h2-5H. The van der Waals surface area contributed by atoms with Gasteiger partial charge in [0.15, 0.2) is 0 Å². The van der Waals surface area contributed by atoms with Gasteiger partial charge in [0.25, 0.3) is 0 Å². The molecule has 1 aromatic carbocycles. The van der Waals surface area contributed by atoms with Crippen LogP contribution in [-0.2, 0) is 0 Å². The van der Waals surface area contributed by atoms with E-state index in [1.165, 1.54) is 6.07 Å². The van der Waals surface area contributed by atoms with Gasteiger partial charge in [-0.3, -0.25) is 0 Å². The normalized spacial score (nSPS) is 8.92. The van der Waals surface area contributed by atoms with Crippen molar-refractivity contribution in [1.29, 1.82) is 0 Å². The van der Waals surface area contributed by atoms with E-state index >= 15 is 0 Å². The zero-order chi connectivity index (χ0) is 8.97. The Hall–Kier alpha value is -1.37. The number of rotatable bonds is 2. The molecule has 4 nitrogen and oxygen atoms in total. The third-order valence-electron chi connectivity index (χ3n) is 1.21. The van der Waals surface area contributed by atoms with Gasteiger partial charge in [-0.15, -0.1) is 0 Å². The number of nitro groups is 1. The Bertz CT molecular complexity index is 346. The Morgan fingerprint density at radius 3 is 2.75 bits per heavy atom. The molecule has 1 rings (SSSR count). The van der Waals surface area contributed by atoms with E-state index in [1.807, 2.05) is 0 Å². The molecule has 60 valence electrons. The van der Waals surface area contributed by atoms with Crippen LogP contribution in [0.15, 0.2) is 24.3 Å². The van der Waals surface area contributed by atoms with Gasteiger partial charge in [-0.05, 0) is 0 Å². The summed E-state index contributed by atoms with van der Waals surface area (Å²) < 4.78 is 3.69. The Balaban J connectivity index is 3.10. The molecule has 0 spiro atoms. The summed E-state index contributed by atoms with van der Waals surface area (Å²) in [5, 5.41) is 10.4. The molecule has 0 saturated carbocycles. The van der Waals surface area contributed by atoms with Crippen LogP contribution in [0, 0.1) is 16.7 Å². The molecular weight excluding hydrogens is 223 g/mol. The van der Waals surface area contributed by atoms with Crippen LogP contribution in [0.25, 0.3) is 3.86 Å². The SMILES string of the molecule is [C-]#[N+][Se]c1ccccc1[N+](=O)[O-]. The van der Waals surface area contributed by atoms with E-state index in [-0.39, 0.29) is 5.69 Å². The van der Waals surface area contributed by atoms with E-state index in [4.69, 9.17) is 6.57 Å². The van der Waals surface area contributed by atoms with E-state index in [1.54, 1.807) is 18.2 Å². The van der Waals surface area contributed by atoms with E-state index in [0.29, 0.717) is 4.46 Å². The first-order valence-corrected chi connectivity index (χ1v) is 4.65. The van der Waals surface area contributed by atoms with Crippen LogP contribution in [0.1, 0.15) is 0 Å². The second kappa shape index (κ2) is 3.86. The average Bonchev–Trinajstić information content (AvgIpc) is 2.05. The number of nitro benzene ring substituents is 1. The summed E-state index contributed by atoms with van der Waals surface area (Å²) in [4.78, 5) is 9.95. The molecule has 5 heteroatoms. The zero-order valence-corrected chi connectivity index (χ0v) is 7.64. The molecule has 0 N–H and O–H groups in total. The zero-order valence-electron chi connectivity index (χ0n) is 5.93. The summed E-state index contributed by atoms with van der Waals surface area (Å²) in [7, 11) is 0. The van der Waals surface area contributed by atoms with Crippen LogP contribution in [0.2, 0.25) is 0 Å². The van der Waals surface area contributed by atoms with Gasteiger partial charge < -0.3 is 0 Å². The summed E-state index contributed by atoms with van der Waals surface area (Å²) in [5.74, 6) is 0. The Morgan fingerprint density at radius 1 is 1.50 bits per heavy atom. The number of hydrogen-bond donors (Lipinski definition) is 0. The van der Waals surface area contributed by atoms with Gasteiger partial charge >= 0.3 is 75.1 Å². The molecular formula is C7H4N2O2Se. The first-order valence-electron chi connectivity index (χ1n) is 3.03. The molecule has 0 bridgehead atoms. The maximum atomic E-state index is 10.4. The molecule has 0 aromatic heterocycles. The van der Waals surface area contributed by atoms with Crippen molar-refractivity contribution in [2.75, 3.05) is 0 Å². The average molecular weight is 227 g/mol. The van der Waals surface area contributed by atoms with Gasteiger partial charge in [0.05, 0.1) is 0 Å². The van der Waals surface area contributed by atoms with Crippen molar-refractivity contribution in [3.8, 4) is 0 Å². The number of benzene rings is 1. The fraction of sp³-hybridized carbons (Fsp3) is 0. The Morgan fingerprint density at radius 2 is 2.17 bits per heavy atom. The third kappa shape index (κ3) is 1.82. The Kier molecular flexibility index (Phi) is 2.81. The summed E-state index contributed by atoms with van der Waals surface area (Å²) >= 11 is -0.469. The van der Waals surface area contributed by atoms with Crippen molar-refractivity contribution in [2.24, 2.45) is 0 Å². The second-order valence-corrected chi connectivity index (χ2v) is 3.60. The molecule has 0 aliphatic rings. The predicted octanol–water partition coefficient (Wildman–Crippen LogP) is 0.759. The summed E-state index contributed by atoms with van der Waals surface area (Å²) in [6.45, 7) is 6.61. The van der Waals surface area contributed by atoms with Crippen LogP contribution in [0.5, 0.6) is 0 Å². The van der Waals surface area contributed by atoms with Crippen LogP contribution in [0.3, 0.4) is 0 Å². The van der Waals surface area contributed by atoms with Crippen LogP contribution in [-0.4, -0.2) is 20.1 Å². The van der Waals surface area contributed by atoms with Crippen molar-refractivity contribution in [2.45, 2.75) is 0 Å². The molecule has 0 aliphatic heterocycles. The molecule has 0 atom stereocenters. The monoisotopic (exact) mass is 228 g/mol. The van der Waals surface area contributed by atoms with Crippen molar-refractivity contribution < 1.29 is 4.92 Å². The van der Waals surface area contributed by atoms with Gasteiger partial charge in [-0.25, -0.2) is 0 Å². The second-order valence-electron chi connectivity index (χ2n) is 1.91. The summed E-state index contributed by atoms with van der Waals surface area (Å²) in [5.41, 5.74) is 0.0495. The number of para-hydroxylation sites is 1. The van der Waals surface area contributed by atoms with Gasteiger partial charge in [0.2, 0.25) is 0 Å². The van der Waals surface area contributed by atoms with Gasteiger partial charge in [-0.1, -0.05) is 0 Å². The Labute approximate surface area is 75.5 Å². The fourth-order valence-corrected chi connectivity index (χ4v) is 1.73. The van der Waals surface area contributed by atoms with E-state index in [2.05, 4.69) is 3.86 Å². The van der Waals surface area contributed by atoms with Crippen molar-refractivity contribution in [3.63, 3.8) is 0 Å². The van der Waals surface area contributed by atoms with Crippen LogP contribution < -0.4 is 4.46 Å². The molecule has 0 saturated heterocycles. The van der Waals surface area contributed by atoms with Crippen molar-refractivity contribution >= 4 is 25.3 Å². The first-order chi connectivity index (χ1) is 5.75. The predicted molar refractivity (Wildman–Crippen MR) is 45.1 cm³/mol. The molecule has 0 radical (unpaired) electrons. The first kappa shape index (κ1) is 8.72. The minimum atomic E-state index is -0.469. The summed E-state index contributed by atoms with van der Waals surface area (Å²) in [6.07, 6.45) is 0. The van der Waals surface area contributed by atoms with Crippen LogP contribution in [0.4, 0.5) is 5.69 Å². The molecule has 0 aliphatic carbocycles. The maximum absolute atomic E-state index is 10.4. The quantitative estimate of drug-likeness (QED) is 0.324. The number of hydrogen-bond acceptors (Lipinski definition) is 2.